The van der Waals surface area contributed by atoms with Gasteiger partial charge in [0.2, 0.25) is 0 Å². The number of hydrogen-bond acceptors (Lipinski definition) is 3. The lowest BCUT2D eigenvalue weighted by atomic mass is 9.87. The third-order valence-electron chi connectivity index (χ3n) is 3.69. The van der Waals surface area contributed by atoms with Gasteiger partial charge in [-0.05, 0) is 12.5 Å². The summed E-state index contributed by atoms with van der Waals surface area (Å²) in [5.74, 6) is -1.12. The number of rotatable bonds is 6. The molecule has 1 atom stereocenters. The molecule has 1 saturated heterocycles. The van der Waals surface area contributed by atoms with Crippen LogP contribution in [0.5, 0.6) is 0 Å². The molecule has 0 radical (unpaired) electrons. The number of carbonyl (C=O) groups excluding carboxylic acids is 1. The second-order valence-corrected chi connectivity index (χ2v) is 5.15. The van der Waals surface area contributed by atoms with Crippen LogP contribution in [0.15, 0.2) is 18.5 Å². The fourth-order valence-electron chi connectivity index (χ4n) is 2.18. The molecule has 2 rings (SSSR count). The van der Waals surface area contributed by atoms with Gasteiger partial charge in [-0.15, -0.1) is 0 Å². The van der Waals surface area contributed by atoms with Crippen molar-refractivity contribution in [2.45, 2.75) is 19.9 Å². The first-order chi connectivity index (χ1) is 9.58. The molecule has 1 fully saturated rings. The summed E-state index contributed by atoms with van der Waals surface area (Å²) in [6.45, 7) is 4.10. The van der Waals surface area contributed by atoms with Crippen molar-refractivity contribution in [3.05, 3.63) is 18.5 Å². The summed E-state index contributed by atoms with van der Waals surface area (Å²) in [6, 6.07) is 1.75. The van der Waals surface area contributed by atoms with Crippen molar-refractivity contribution >= 4 is 12.0 Å². The van der Waals surface area contributed by atoms with E-state index in [0.717, 1.165) is 13.0 Å². The van der Waals surface area contributed by atoms with Crippen LogP contribution in [-0.2, 0) is 11.3 Å². The SMILES string of the molecule is CC(C(=O)O)C1CN(C(=O)NCCCn2cccn2)C1. The van der Waals surface area contributed by atoms with Crippen molar-refractivity contribution in [3.63, 3.8) is 0 Å². The van der Waals surface area contributed by atoms with E-state index in [9.17, 15) is 9.59 Å². The lowest BCUT2D eigenvalue weighted by Crippen LogP contribution is -2.56. The number of aromatic nitrogens is 2. The zero-order chi connectivity index (χ0) is 14.5. The van der Waals surface area contributed by atoms with Crippen LogP contribution in [0, 0.1) is 11.8 Å². The second-order valence-electron chi connectivity index (χ2n) is 5.15. The molecule has 2 amide bonds. The normalized spacial score (nSPS) is 16.6. The zero-order valence-electron chi connectivity index (χ0n) is 11.5. The first-order valence-corrected chi connectivity index (χ1v) is 6.81. The summed E-state index contributed by atoms with van der Waals surface area (Å²) in [6.07, 6.45) is 4.42. The minimum absolute atomic E-state index is 0.0716. The quantitative estimate of drug-likeness (QED) is 0.748. The Hall–Kier alpha value is -2.05. The Morgan fingerprint density at radius 2 is 2.25 bits per heavy atom. The molecule has 0 bridgehead atoms. The molecule has 2 N–H and O–H groups in total. The number of carbonyl (C=O) groups is 2. The van der Waals surface area contributed by atoms with Crippen molar-refractivity contribution in [1.82, 2.24) is 20.0 Å². The molecule has 110 valence electrons. The summed E-state index contributed by atoms with van der Waals surface area (Å²) in [5, 5.41) is 15.8. The highest BCUT2D eigenvalue weighted by Crippen LogP contribution is 2.23. The Kier molecular flexibility index (Phi) is 4.60. The van der Waals surface area contributed by atoms with E-state index in [0.29, 0.717) is 19.6 Å². The average Bonchev–Trinajstić information content (AvgIpc) is 2.85. The first-order valence-electron chi connectivity index (χ1n) is 6.81. The Balaban J connectivity index is 1.59. The van der Waals surface area contributed by atoms with Gasteiger partial charge >= 0.3 is 12.0 Å². The van der Waals surface area contributed by atoms with E-state index >= 15 is 0 Å². The monoisotopic (exact) mass is 280 g/mol. The van der Waals surface area contributed by atoms with Gasteiger partial charge in [0.15, 0.2) is 0 Å². The van der Waals surface area contributed by atoms with Crippen molar-refractivity contribution in [2.24, 2.45) is 11.8 Å². The van der Waals surface area contributed by atoms with Crippen molar-refractivity contribution in [2.75, 3.05) is 19.6 Å². The maximum absolute atomic E-state index is 11.8. The zero-order valence-corrected chi connectivity index (χ0v) is 11.5. The summed E-state index contributed by atoms with van der Waals surface area (Å²) < 4.78 is 1.82. The minimum atomic E-state index is -0.797. The Bertz CT molecular complexity index is 454. The standard InChI is InChI=1S/C13H20N4O3/c1-10(12(18)19)11-8-16(9-11)13(20)14-4-2-6-17-7-3-5-15-17/h3,5,7,10-11H,2,4,6,8-9H2,1H3,(H,14,20)(H,18,19). The number of carboxylic acids is 1. The number of urea groups is 1. The number of amides is 2. The van der Waals surface area contributed by atoms with Crippen LogP contribution in [-0.4, -0.2) is 51.4 Å². The summed E-state index contributed by atoms with van der Waals surface area (Å²) in [5.41, 5.74) is 0. The molecule has 1 unspecified atom stereocenters. The van der Waals surface area contributed by atoms with Crippen LogP contribution < -0.4 is 5.32 Å². The molecule has 0 saturated carbocycles. The lowest BCUT2D eigenvalue weighted by Gasteiger charge is -2.41. The Morgan fingerprint density at radius 3 is 2.85 bits per heavy atom. The fraction of sp³-hybridized carbons (Fsp3) is 0.615. The van der Waals surface area contributed by atoms with E-state index in [1.807, 2.05) is 16.9 Å². The molecule has 20 heavy (non-hydrogen) atoms. The maximum Gasteiger partial charge on any atom is 0.317 e. The van der Waals surface area contributed by atoms with Gasteiger partial charge in [-0.3, -0.25) is 9.48 Å². The van der Waals surface area contributed by atoms with Gasteiger partial charge in [0.1, 0.15) is 0 Å². The third kappa shape index (κ3) is 3.49. The number of nitrogens with zero attached hydrogens (tertiary/aromatic N) is 3. The van der Waals surface area contributed by atoms with Gasteiger partial charge in [0, 0.05) is 44.5 Å². The van der Waals surface area contributed by atoms with Crippen molar-refractivity contribution in [1.29, 1.82) is 0 Å². The number of nitrogens with one attached hydrogen (secondary N) is 1. The van der Waals surface area contributed by atoms with Crippen LogP contribution in [0.3, 0.4) is 0 Å². The first kappa shape index (κ1) is 14.4. The van der Waals surface area contributed by atoms with E-state index in [4.69, 9.17) is 5.11 Å². The number of likely N-dealkylation sites (tertiary alicyclic amines) is 1. The van der Waals surface area contributed by atoms with Crippen molar-refractivity contribution in [3.8, 4) is 0 Å². The van der Waals surface area contributed by atoms with E-state index in [2.05, 4.69) is 10.4 Å². The van der Waals surface area contributed by atoms with Crippen LogP contribution in [0.25, 0.3) is 0 Å². The predicted octanol–water partition coefficient (Wildman–Crippen LogP) is 0.635. The summed E-state index contributed by atoms with van der Waals surface area (Å²) in [4.78, 5) is 24.2. The number of carboxylic acid groups (broad SMARTS) is 1. The molecule has 2 heterocycles. The third-order valence-corrected chi connectivity index (χ3v) is 3.69. The van der Waals surface area contributed by atoms with Gasteiger partial charge in [0.25, 0.3) is 0 Å². The number of aryl methyl sites for hydroxylation is 1. The van der Waals surface area contributed by atoms with Gasteiger partial charge < -0.3 is 15.3 Å². The van der Waals surface area contributed by atoms with Gasteiger partial charge in [-0.1, -0.05) is 6.92 Å². The lowest BCUT2D eigenvalue weighted by molar-refractivity contribution is -0.144. The van der Waals surface area contributed by atoms with Gasteiger partial charge in [0.05, 0.1) is 5.92 Å². The number of aliphatic carboxylic acids is 1. The van der Waals surface area contributed by atoms with E-state index in [1.165, 1.54) is 0 Å². The molecule has 0 aliphatic carbocycles. The molecule has 0 aromatic carbocycles. The molecule has 1 aliphatic heterocycles. The average molecular weight is 280 g/mol. The Labute approximate surface area is 117 Å². The molecule has 1 aromatic rings. The smallest absolute Gasteiger partial charge is 0.317 e. The second kappa shape index (κ2) is 6.40. The number of hydrogen-bond donors (Lipinski definition) is 2. The molecule has 7 heteroatoms. The highest BCUT2D eigenvalue weighted by Gasteiger charge is 2.36. The summed E-state index contributed by atoms with van der Waals surface area (Å²) >= 11 is 0. The molecule has 7 nitrogen and oxygen atoms in total. The molecule has 1 aromatic heterocycles. The van der Waals surface area contributed by atoms with Gasteiger partial charge in [-0.25, -0.2) is 4.79 Å². The van der Waals surface area contributed by atoms with Crippen LogP contribution >= 0.6 is 0 Å². The van der Waals surface area contributed by atoms with E-state index in [1.54, 1.807) is 18.0 Å². The fourth-order valence-corrected chi connectivity index (χ4v) is 2.18. The van der Waals surface area contributed by atoms with Crippen LogP contribution in [0.2, 0.25) is 0 Å². The largest absolute Gasteiger partial charge is 0.481 e. The topological polar surface area (TPSA) is 87.5 Å². The molecular formula is C13H20N4O3. The highest BCUT2D eigenvalue weighted by atomic mass is 16.4. The van der Waals surface area contributed by atoms with Crippen molar-refractivity contribution < 1.29 is 14.7 Å². The van der Waals surface area contributed by atoms with Crippen LogP contribution in [0.1, 0.15) is 13.3 Å². The van der Waals surface area contributed by atoms with E-state index in [-0.39, 0.29) is 17.9 Å². The van der Waals surface area contributed by atoms with Gasteiger partial charge in [-0.2, -0.15) is 5.10 Å². The minimum Gasteiger partial charge on any atom is -0.481 e. The molecule has 0 spiro atoms. The molecular weight excluding hydrogens is 260 g/mol. The van der Waals surface area contributed by atoms with Crippen LogP contribution in [0.4, 0.5) is 4.79 Å². The summed E-state index contributed by atoms with van der Waals surface area (Å²) in [7, 11) is 0. The predicted molar refractivity (Wildman–Crippen MR) is 72.1 cm³/mol. The maximum atomic E-state index is 11.8. The molecule has 1 aliphatic rings. The Morgan fingerprint density at radius 1 is 1.50 bits per heavy atom. The highest BCUT2D eigenvalue weighted by molar-refractivity contribution is 5.76. The van der Waals surface area contributed by atoms with E-state index < -0.39 is 5.97 Å².